The topological polar surface area (TPSA) is 40.5 Å². The van der Waals surface area contributed by atoms with Crippen molar-refractivity contribution in [3.8, 4) is 11.5 Å². The van der Waals surface area contributed by atoms with Crippen LogP contribution >= 0.6 is 0 Å². The summed E-state index contributed by atoms with van der Waals surface area (Å²) in [6, 6.07) is 14.9. The van der Waals surface area contributed by atoms with E-state index >= 15 is 0 Å². The van der Waals surface area contributed by atoms with Gasteiger partial charge >= 0.3 is 0 Å². The van der Waals surface area contributed by atoms with Crippen molar-refractivity contribution in [3.05, 3.63) is 82.0 Å². The Balaban J connectivity index is 2.15. The Kier molecular flexibility index (Phi) is 4.47. The quantitative estimate of drug-likeness (QED) is 0.489. The highest BCUT2D eigenvalue weighted by atomic mass is 19.1. The molecule has 0 aliphatic heterocycles. The van der Waals surface area contributed by atoms with Gasteiger partial charge in [0.05, 0.1) is 25.3 Å². The largest absolute Gasteiger partial charge is 0.494 e. The molecule has 0 amide bonds. The van der Waals surface area contributed by atoms with Gasteiger partial charge in [-0.1, -0.05) is 30.3 Å². The molecule has 0 radical (unpaired) electrons. The van der Waals surface area contributed by atoms with Crippen LogP contribution in [0, 0.1) is 11.6 Å². The maximum absolute atomic E-state index is 14.3. The van der Waals surface area contributed by atoms with Crippen LogP contribution in [0.4, 0.5) is 8.78 Å². The molecule has 0 aliphatic rings. The van der Waals surface area contributed by atoms with Crippen LogP contribution in [0.15, 0.2) is 59.4 Å². The molecule has 0 bridgehead atoms. The number of rotatable bonds is 4. The van der Waals surface area contributed by atoms with E-state index in [1.165, 1.54) is 26.4 Å². The van der Waals surface area contributed by atoms with E-state index in [2.05, 4.69) is 0 Å². The summed E-state index contributed by atoms with van der Waals surface area (Å²) >= 11 is 0. The van der Waals surface area contributed by atoms with E-state index in [0.717, 1.165) is 17.7 Å². The Morgan fingerprint density at radius 3 is 1.79 bits per heavy atom. The molecule has 4 nitrogen and oxygen atoms in total. The van der Waals surface area contributed by atoms with E-state index in [0.29, 0.717) is 17.6 Å². The summed E-state index contributed by atoms with van der Waals surface area (Å²) in [4.78, 5) is 13.0. The van der Waals surface area contributed by atoms with Crippen molar-refractivity contribution in [2.45, 2.75) is 6.54 Å². The van der Waals surface area contributed by atoms with Gasteiger partial charge in [-0.15, -0.1) is 0 Å². The molecule has 0 unspecified atom stereocenters. The van der Waals surface area contributed by atoms with Crippen molar-refractivity contribution >= 4 is 21.8 Å². The standard InChI is InChI=1S/C22H17F2NO3/c1-27-20-10-18-14(8-16(20)23)22(26)15-9-17(24)21(28-2)11-19(15)25(18)12-13-6-4-3-5-7-13/h3-11H,12H2,1-2H3. The molecular weight excluding hydrogens is 364 g/mol. The number of hydrogen-bond acceptors (Lipinski definition) is 3. The van der Waals surface area contributed by atoms with E-state index in [4.69, 9.17) is 9.47 Å². The zero-order valence-corrected chi connectivity index (χ0v) is 15.3. The van der Waals surface area contributed by atoms with Gasteiger partial charge in [0.25, 0.3) is 0 Å². The maximum atomic E-state index is 14.3. The number of fused-ring (bicyclic) bond motifs is 2. The predicted octanol–water partition coefficient (Wildman–Crippen LogP) is 4.50. The van der Waals surface area contributed by atoms with Crippen molar-refractivity contribution in [2.75, 3.05) is 14.2 Å². The second-order valence-electron chi connectivity index (χ2n) is 6.41. The smallest absolute Gasteiger partial charge is 0.197 e. The zero-order valence-electron chi connectivity index (χ0n) is 15.3. The van der Waals surface area contributed by atoms with E-state index < -0.39 is 17.1 Å². The number of halogens is 2. The first-order valence-corrected chi connectivity index (χ1v) is 8.64. The molecule has 28 heavy (non-hydrogen) atoms. The van der Waals surface area contributed by atoms with Crippen LogP contribution in [0.1, 0.15) is 5.56 Å². The highest BCUT2D eigenvalue weighted by Gasteiger charge is 2.17. The molecule has 4 aromatic rings. The lowest BCUT2D eigenvalue weighted by atomic mass is 10.1. The van der Waals surface area contributed by atoms with Gasteiger partial charge < -0.3 is 14.0 Å². The molecule has 0 saturated carbocycles. The third-order valence-electron chi connectivity index (χ3n) is 4.79. The Bertz CT molecular complexity index is 1180. The molecule has 3 aromatic carbocycles. The summed E-state index contributed by atoms with van der Waals surface area (Å²) in [5, 5.41) is 0.317. The van der Waals surface area contributed by atoms with Gasteiger partial charge in [0.2, 0.25) is 0 Å². The van der Waals surface area contributed by atoms with Crippen LogP contribution in [0.25, 0.3) is 21.8 Å². The first kappa shape index (κ1) is 18.0. The van der Waals surface area contributed by atoms with Crippen molar-refractivity contribution < 1.29 is 18.3 Å². The number of aromatic nitrogens is 1. The minimum atomic E-state index is -0.647. The van der Waals surface area contributed by atoms with Crippen molar-refractivity contribution in [1.82, 2.24) is 4.57 Å². The summed E-state index contributed by atoms with van der Waals surface area (Å²) in [6.07, 6.45) is 0. The first-order valence-electron chi connectivity index (χ1n) is 8.64. The number of nitrogens with zero attached hydrogens (tertiary/aromatic N) is 1. The average molecular weight is 381 g/mol. The summed E-state index contributed by atoms with van der Waals surface area (Å²) in [6.45, 7) is 0.400. The summed E-state index contributed by atoms with van der Waals surface area (Å²) in [5.41, 5.74) is 1.51. The van der Waals surface area contributed by atoms with Crippen molar-refractivity contribution in [2.24, 2.45) is 0 Å². The Labute approximate surface area is 159 Å². The molecule has 1 heterocycles. The molecule has 0 N–H and O–H groups in total. The van der Waals surface area contributed by atoms with Crippen LogP contribution in [0.5, 0.6) is 11.5 Å². The number of ether oxygens (including phenoxy) is 2. The molecule has 0 saturated heterocycles. The fourth-order valence-electron chi connectivity index (χ4n) is 3.42. The van der Waals surface area contributed by atoms with Crippen molar-refractivity contribution in [3.63, 3.8) is 0 Å². The monoisotopic (exact) mass is 381 g/mol. The zero-order chi connectivity index (χ0) is 19.8. The average Bonchev–Trinajstić information content (AvgIpc) is 2.71. The van der Waals surface area contributed by atoms with E-state index in [-0.39, 0.29) is 22.3 Å². The number of hydrogen-bond donors (Lipinski definition) is 0. The molecular formula is C22H17F2NO3. The van der Waals surface area contributed by atoms with E-state index in [1.54, 1.807) is 0 Å². The minimum Gasteiger partial charge on any atom is -0.494 e. The highest BCUT2D eigenvalue weighted by molar-refractivity contribution is 5.95. The van der Waals surface area contributed by atoms with Gasteiger partial charge in [0, 0.05) is 29.4 Å². The summed E-state index contributed by atoms with van der Waals surface area (Å²) in [5.74, 6) is -1.23. The van der Waals surface area contributed by atoms with Gasteiger partial charge in [0.15, 0.2) is 28.6 Å². The van der Waals surface area contributed by atoms with Gasteiger partial charge in [-0.05, 0) is 17.7 Å². The van der Waals surface area contributed by atoms with E-state index in [1.807, 2.05) is 34.9 Å². The van der Waals surface area contributed by atoms with Gasteiger partial charge in [-0.2, -0.15) is 0 Å². The highest BCUT2D eigenvalue weighted by Crippen LogP contribution is 2.30. The second-order valence-corrected chi connectivity index (χ2v) is 6.41. The maximum Gasteiger partial charge on any atom is 0.197 e. The molecule has 0 fully saturated rings. The summed E-state index contributed by atoms with van der Waals surface area (Å²) < 4.78 is 40.6. The normalized spacial score (nSPS) is 11.1. The Morgan fingerprint density at radius 1 is 0.821 bits per heavy atom. The van der Waals surface area contributed by atoms with Crippen LogP contribution in [-0.2, 0) is 6.54 Å². The third-order valence-corrected chi connectivity index (χ3v) is 4.79. The van der Waals surface area contributed by atoms with Gasteiger partial charge in [-0.25, -0.2) is 8.78 Å². The molecule has 142 valence electrons. The molecule has 4 rings (SSSR count). The lowest BCUT2D eigenvalue weighted by Gasteiger charge is -2.17. The first-order chi connectivity index (χ1) is 13.5. The third kappa shape index (κ3) is 2.87. The SMILES string of the molecule is COc1cc2c(cc1F)c(=O)c1cc(F)c(OC)cc1n2Cc1ccccc1. The van der Waals surface area contributed by atoms with Crippen LogP contribution in [-0.4, -0.2) is 18.8 Å². The fourth-order valence-corrected chi connectivity index (χ4v) is 3.42. The molecule has 0 aliphatic carbocycles. The predicted molar refractivity (Wildman–Crippen MR) is 104 cm³/mol. The van der Waals surface area contributed by atoms with Crippen molar-refractivity contribution in [1.29, 1.82) is 0 Å². The Hall–Kier alpha value is -3.41. The van der Waals surface area contributed by atoms with Gasteiger partial charge in [0.1, 0.15) is 0 Å². The second kappa shape index (κ2) is 6.96. The number of benzene rings is 3. The van der Waals surface area contributed by atoms with E-state index in [9.17, 15) is 13.6 Å². The van der Waals surface area contributed by atoms with Crippen LogP contribution in [0.3, 0.4) is 0 Å². The molecule has 1 aromatic heterocycles. The molecule has 0 atom stereocenters. The number of methoxy groups -OCH3 is 2. The molecule has 0 spiro atoms. The Morgan fingerprint density at radius 2 is 1.32 bits per heavy atom. The lowest BCUT2D eigenvalue weighted by molar-refractivity contribution is 0.387. The van der Waals surface area contributed by atoms with Crippen LogP contribution in [0.2, 0.25) is 0 Å². The summed E-state index contributed by atoms with van der Waals surface area (Å²) in [7, 11) is 2.73. The lowest BCUT2D eigenvalue weighted by Crippen LogP contribution is -2.13. The minimum absolute atomic E-state index is 0.0298. The fraction of sp³-hybridized carbons (Fsp3) is 0.136. The van der Waals surface area contributed by atoms with Gasteiger partial charge in [-0.3, -0.25) is 4.79 Å². The van der Waals surface area contributed by atoms with Crippen LogP contribution < -0.4 is 14.9 Å². The number of pyridine rings is 1. The molecule has 6 heteroatoms.